The van der Waals surface area contributed by atoms with E-state index < -0.39 is 0 Å². The van der Waals surface area contributed by atoms with Crippen molar-refractivity contribution in [2.75, 3.05) is 7.11 Å². The fourth-order valence-electron chi connectivity index (χ4n) is 2.70. The number of methoxy groups -OCH3 is 1. The minimum Gasteiger partial charge on any atom is -0.481 e. The molecule has 0 unspecified atom stereocenters. The van der Waals surface area contributed by atoms with Crippen molar-refractivity contribution in [3.8, 4) is 5.88 Å². The predicted molar refractivity (Wildman–Crippen MR) is 88.7 cm³/mol. The Labute approximate surface area is 132 Å². The summed E-state index contributed by atoms with van der Waals surface area (Å²) in [4.78, 5) is 15.2. The molecule has 0 saturated heterocycles. The molecule has 3 heteroatoms. The molecule has 116 valence electrons. The largest absolute Gasteiger partial charge is 0.481 e. The van der Waals surface area contributed by atoms with Crippen molar-refractivity contribution in [3.05, 3.63) is 59.3 Å². The van der Waals surface area contributed by atoms with Crippen LogP contribution in [0.15, 0.2) is 42.5 Å². The van der Waals surface area contributed by atoms with Crippen molar-refractivity contribution in [2.24, 2.45) is 0 Å². The maximum absolute atomic E-state index is 10.9. The van der Waals surface area contributed by atoms with E-state index in [0.717, 1.165) is 11.8 Å². The number of ether oxygens (including phenoxy) is 1. The van der Waals surface area contributed by atoms with E-state index in [1.54, 1.807) is 13.2 Å². The average molecular weight is 297 g/mol. The van der Waals surface area contributed by atoms with Gasteiger partial charge in [0.2, 0.25) is 5.88 Å². The monoisotopic (exact) mass is 297 g/mol. The third kappa shape index (κ3) is 2.63. The second-order valence-corrected chi connectivity index (χ2v) is 6.53. The number of aldehydes is 1. The summed E-state index contributed by atoms with van der Waals surface area (Å²) >= 11 is 0. The fraction of sp³-hybridized carbons (Fsp3) is 0.368. The Balaban J connectivity index is 2.56. The molecule has 2 rings (SSSR count). The topological polar surface area (TPSA) is 39.2 Å². The lowest BCUT2D eigenvalue weighted by Gasteiger charge is -2.43. The van der Waals surface area contributed by atoms with Crippen molar-refractivity contribution < 1.29 is 9.53 Å². The number of carbonyl (C=O) groups excluding carboxylic acids is 1. The molecular formula is C19H23NO2. The Hall–Kier alpha value is -2.16. The second kappa shape index (κ2) is 5.91. The summed E-state index contributed by atoms with van der Waals surface area (Å²) in [5.41, 5.74) is 2.27. The van der Waals surface area contributed by atoms with Gasteiger partial charge in [-0.05, 0) is 17.0 Å². The number of pyridine rings is 1. The van der Waals surface area contributed by atoms with Crippen LogP contribution in [-0.4, -0.2) is 18.4 Å². The lowest BCUT2D eigenvalue weighted by atomic mass is 9.61. The van der Waals surface area contributed by atoms with Gasteiger partial charge in [-0.2, -0.15) is 0 Å². The summed E-state index contributed by atoms with van der Waals surface area (Å²) in [6.07, 6.45) is 0.738. The van der Waals surface area contributed by atoms with Crippen LogP contribution in [0.2, 0.25) is 0 Å². The van der Waals surface area contributed by atoms with Crippen LogP contribution in [0.3, 0.4) is 0 Å². The second-order valence-electron chi connectivity index (χ2n) is 6.53. The average Bonchev–Trinajstić information content (AvgIpc) is 2.54. The summed E-state index contributed by atoms with van der Waals surface area (Å²) in [7, 11) is 1.59. The zero-order valence-electron chi connectivity index (χ0n) is 13.9. The summed E-state index contributed by atoms with van der Waals surface area (Å²) in [5, 5.41) is 0. The number of benzene rings is 1. The highest BCUT2D eigenvalue weighted by Gasteiger charge is 2.41. The Morgan fingerprint density at radius 2 is 1.59 bits per heavy atom. The zero-order valence-corrected chi connectivity index (χ0v) is 13.9. The smallest absolute Gasteiger partial charge is 0.217 e. The Kier molecular flexibility index (Phi) is 4.36. The lowest BCUT2D eigenvalue weighted by Crippen LogP contribution is -2.40. The molecule has 1 aromatic heterocycles. The van der Waals surface area contributed by atoms with E-state index >= 15 is 0 Å². The molecule has 0 aliphatic rings. The van der Waals surface area contributed by atoms with E-state index in [2.05, 4.69) is 56.9 Å². The van der Waals surface area contributed by atoms with Crippen molar-refractivity contribution in [3.63, 3.8) is 0 Å². The van der Waals surface area contributed by atoms with E-state index in [9.17, 15) is 4.79 Å². The first-order chi connectivity index (χ1) is 10.3. The molecule has 0 saturated carbocycles. The molecule has 1 aromatic carbocycles. The lowest BCUT2D eigenvalue weighted by molar-refractivity contribution is 0.111. The minimum absolute atomic E-state index is 0.133. The molecule has 0 amide bonds. The number of rotatable bonds is 5. The maximum Gasteiger partial charge on any atom is 0.217 e. The predicted octanol–water partition coefficient (Wildman–Crippen LogP) is 4.16. The van der Waals surface area contributed by atoms with Crippen LogP contribution in [0, 0.1) is 0 Å². The number of carbonyl (C=O) groups is 1. The number of hydrogen-bond donors (Lipinski definition) is 0. The summed E-state index contributed by atoms with van der Waals surface area (Å²) in [6.45, 7) is 8.80. The highest BCUT2D eigenvalue weighted by atomic mass is 16.5. The highest BCUT2D eigenvalue weighted by molar-refractivity contribution is 5.72. The molecule has 0 N–H and O–H groups in total. The minimum atomic E-state index is -0.228. The van der Waals surface area contributed by atoms with Gasteiger partial charge in [-0.1, -0.05) is 64.1 Å². The van der Waals surface area contributed by atoms with Crippen LogP contribution in [-0.2, 0) is 10.8 Å². The molecule has 0 atom stereocenters. The number of hydrogen-bond acceptors (Lipinski definition) is 3. The third-order valence-electron chi connectivity index (χ3n) is 4.93. The van der Waals surface area contributed by atoms with Crippen LogP contribution in [0.1, 0.15) is 49.3 Å². The first-order valence-corrected chi connectivity index (χ1v) is 7.41. The third-order valence-corrected chi connectivity index (χ3v) is 4.93. The van der Waals surface area contributed by atoms with Crippen molar-refractivity contribution >= 4 is 6.29 Å². The SMILES string of the molecule is COc1nc(C=O)ccc1C(C)(C)C(C)(C)c1ccccc1. The van der Waals surface area contributed by atoms with E-state index in [-0.39, 0.29) is 10.8 Å². The molecule has 0 aliphatic heterocycles. The Morgan fingerprint density at radius 3 is 2.14 bits per heavy atom. The van der Waals surface area contributed by atoms with Crippen LogP contribution >= 0.6 is 0 Å². The van der Waals surface area contributed by atoms with Gasteiger partial charge in [0, 0.05) is 11.0 Å². The van der Waals surface area contributed by atoms with E-state index in [1.165, 1.54) is 5.56 Å². The first-order valence-electron chi connectivity index (χ1n) is 7.41. The molecule has 0 aliphatic carbocycles. The van der Waals surface area contributed by atoms with Gasteiger partial charge in [0.1, 0.15) is 5.69 Å². The van der Waals surface area contributed by atoms with Gasteiger partial charge in [-0.25, -0.2) is 4.98 Å². The quantitative estimate of drug-likeness (QED) is 0.778. The number of aromatic nitrogens is 1. The Bertz CT molecular complexity index is 660. The van der Waals surface area contributed by atoms with Crippen LogP contribution < -0.4 is 4.74 Å². The van der Waals surface area contributed by atoms with Gasteiger partial charge in [0.05, 0.1) is 7.11 Å². The van der Waals surface area contributed by atoms with Crippen LogP contribution in [0.4, 0.5) is 0 Å². The molecule has 1 heterocycles. The molecular weight excluding hydrogens is 274 g/mol. The van der Waals surface area contributed by atoms with Crippen molar-refractivity contribution in [2.45, 2.75) is 38.5 Å². The van der Waals surface area contributed by atoms with Crippen LogP contribution in [0.25, 0.3) is 0 Å². The van der Waals surface area contributed by atoms with E-state index in [0.29, 0.717) is 11.6 Å². The standard InChI is InChI=1S/C19H23NO2/c1-18(2,14-9-7-6-8-10-14)19(3,4)16-12-11-15(13-21)20-17(16)22-5/h6-13H,1-5H3. The normalized spacial score (nSPS) is 12.0. The summed E-state index contributed by atoms with van der Waals surface area (Å²) < 4.78 is 5.44. The molecule has 0 spiro atoms. The van der Waals surface area contributed by atoms with Gasteiger partial charge in [-0.3, -0.25) is 4.79 Å². The molecule has 3 nitrogen and oxygen atoms in total. The molecule has 0 bridgehead atoms. The molecule has 0 radical (unpaired) electrons. The zero-order chi connectivity index (χ0) is 16.4. The highest BCUT2D eigenvalue weighted by Crippen LogP contribution is 2.46. The maximum atomic E-state index is 10.9. The van der Waals surface area contributed by atoms with Crippen LogP contribution in [0.5, 0.6) is 5.88 Å². The van der Waals surface area contributed by atoms with Gasteiger partial charge in [0.15, 0.2) is 6.29 Å². The van der Waals surface area contributed by atoms with Gasteiger partial charge in [-0.15, -0.1) is 0 Å². The number of nitrogens with zero attached hydrogens (tertiary/aromatic N) is 1. The van der Waals surface area contributed by atoms with Crippen molar-refractivity contribution in [1.29, 1.82) is 0 Å². The van der Waals surface area contributed by atoms with E-state index in [4.69, 9.17) is 4.74 Å². The van der Waals surface area contributed by atoms with E-state index in [1.807, 2.05) is 12.1 Å². The van der Waals surface area contributed by atoms with Gasteiger partial charge >= 0.3 is 0 Å². The summed E-state index contributed by atoms with van der Waals surface area (Å²) in [6, 6.07) is 14.1. The fourth-order valence-corrected chi connectivity index (χ4v) is 2.70. The van der Waals surface area contributed by atoms with Gasteiger partial charge < -0.3 is 4.74 Å². The molecule has 0 fully saturated rings. The first kappa shape index (κ1) is 16.2. The summed E-state index contributed by atoms with van der Waals surface area (Å²) in [5.74, 6) is 0.513. The molecule has 22 heavy (non-hydrogen) atoms. The Morgan fingerprint density at radius 1 is 0.955 bits per heavy atom. The molecule has 2 aromatic rings. The van der Waals surface area contributed by atoms with Crippen molar-refractivity contribution in [1.82, 2.24) is 4.98 Å². The van der Waals surface area contributed by atoms with Gasteiger partial charge in [0.25, 0.3) is 0 Å².